The molecule has 1 unspecified atom stereocenters. The van der Waals surface area contributed by atoms with Crippen molar-refractivity contribution in [2.24, 2.45) is 0 Å². The molecule has 0 saturated carbocycles. The molecule has 1 aliphatic heterocycles. The van der Waals surface area contributed by atoms with Crippen LogP contribution < -0.4 is 0 Å². The lowest BCUT2D eigenvalue weighted by Crippen LogP contribution is -2.21. The SMILES string of the molecule is CC.OC1CCN(Cc2ccccc2)C1. The topological polar surface area (TPSA) is 23.5 Å². The summed E-state index contributed by atoms with van der Waals surface area (Å²) in [5, 5.41) is 9.34. The van der Waals surface area contributed by atoms with Crippen LogP contribution in [0.5, 0.6) is 0 Å². The van der Waals surface area contributed by atoms with Gasteiger partial charge in [0, 0.05) is 19.6 Å². The summed E-state index contributed by atoms with van der Waals surface area (Å²) in [5.41, 5.74) is 1.33. The lowest BCUT2D eigenvalue weighted by molar-refractivity contribution is 0.175. The van der Waals surface area contributed by atoms with Crippen LogP contribution >= 0.6 is 0 Å². The zero-order chi connectivity index (χ0) is 11.1. The number of benzene rings is 1. The van der Waals surface area contributed by atoms with Gasteiger partial charge in [-0.3, -0.25) is 4.90 Å². The van der Waals surface area contributed by atoms with Gasteiger partial charge < -0.3 is 5.11 Å². The van der Waals surface area contributed by atoms with E-state index in [0.29, 0.717) is 0 Å². The van der Waals surface area contributed by atoms with E-state index in [1.807, 2.05) is 19.9 Å². The van der Waals surface area contributed by atoms with Crippen LogP contribution in [0.4, 0.5) is 0 Å². The van der Waals surface area contributed by atoms with E-state index in [2.05, 4.69) is 29.2 Å². The summed E-state index contributed by atoms with van der Waals surface area (Å²) < 4.78 is 0. The van der Waals surface area contributed by atoms with E-state index in [1.54, 1.807) is 0 Å². The van der Waals surface area contributed by atoms with Gasteiger partial charge >= 0.3 is 0 Å². The van der Waals surface area contributed by atoms with Crippen LogP contribution in [0.1, 0.15) is 25.8 Å². The minimum atomic E-state index is -0.108. The molecule has 1 aromatic carbocycles. The second-order valence-electron chi connectivity index (χ2n) is 3.66. The number of hydrogen-bond acceptors (Lipinski definition) is 2. The van der Waals surface area contributed by atoms with Crippen molar-refractivity contribution in [2.75, 3.05) is 13.1 Å². The molecule has 2 rings (SSSR count). The Hall–Kier alpha value is -0.860. The summed E-state index contributed by atoms with van der Waals surface area (Å²) in [6, 6.07) is 10.4. The highest BCUT2D eigenvalue weighted by molar-refractivity contribution is 5.14. The van der Waals surface area contributed by atoms with Crippen molar-refractivity contribution in [1.29, 1.82) is 0 Å². The lowest BCUT2D eigenvalue weighted by Gasteiger charge is -2.14. The van der Waals surface area contributed by atoms with E-state index in [-0.39, 0.29) is 6.10 Å². The fraction of sp³-hybridized carbons (Fsp3) is 0.538. The van der Waals surface area contributed by atoms with Gasteiger partial charge in [0.2, 0.25) is 0 Å². The summed E-state index contributed by atoms with van der Waals surface area (Å²) in [5.74, 6) is 0. The van der Waals surface area contributed by atoms with E-state index >= 15 is 0 Å². The van der Waals surface area contributed by atoms with Gasteiger partial charge in [0.15, 0.2) is 0 Å². The number of rotatable bonds is 2. The average Bonchev–Trinajstić information content (AvgIpc) is 2.68. The van der Waals surface area contributed by atoms with E-state index in [1.165, 1.54) is 5.56 Å². The first-order valence-electron chi connectivity index (χ1n) is 5.79. The molecular weight excluding hydrogens is 186 g/mol. The van der Waals surface area contributed by atoms with Crippen LogP contribution in [0.25, 0.3) is 0 Å². The summed E-state index contributed by atoms with van der Waals surface area (Å²) in [6.45, 7) is 6.82. The normalized spacial score (nSPS) is 20.9. The van der Waals surface area contributed by atoms with Crippen molar-refractivity contribution in [2.45, 2.75) is 32.9 Å². The number of nitrogens with zero attached hydrogens (tertiary/aromatic N) is 1. The second-order valence-corrected chi connectivity index (χ2v) is 3.66. The fourth-order valence-corrected chi connectivity index (χ4v) is 1.80. The molecule has 0 bridgehead atoms. The number of aliphatic hydroxyl groups is 1. The Bertz CT molecular complexity index is 260. The van der Waals surface area contributed by atoms with Gasteiger partial charge in [-0.15, -0.1) is 0 Å². The number of likely N-dealkylation sites (tertiary alicyclic amines) is 1. The Labute approximate surface area is 92.5 Å². The van der Waals surface area contributed by atoms with Crippen LogP contribution in [-0.2, 0) is 6.54 Å². The first kappa shape index (κ1) is 12.2. The zero-order valence-electron chi connectivity index (χ0n) is 9.69. The first-order chi connectivity index (χ1) is 7.34. The monoisotopic (exact) mass is 207 g/mol. The lowest BCUT2D eigenvalue weighted by atomic mass is 10.2. The maximum Gasteiger partial charge on any atom is 0.0679 e. The largest absolute Gasteiger partial charge is 0.392 e. The Kier molecular flexibility index (Phi) is 5.37. The number of aliphatic hydroxyl groups excluding tert-OH is 1. The van der Waals surface area contributed by atoms with Gasteiger partial charge in [0.25, 0.3) is 0 Å². The number of β-amino-alcohol motifs (C(OH)–C–C–N with tert-alkyl or cyclic N) is 1. The molecule has 0 spiro atoms. The summed E-state index contributed by atoms with van der Waals surface area (Å²) in [4.78, 5) is 2.29. The van der Waals surface area contributed by atoms with Gasteiger partial charge in [0.05, 0.1) is 6.10 Å². The third-order valence-electron chi connectivity index (χ3n) is 2.50. The van der Waals surface area contributed by atoms with Crippen molar-refractivity contribution in [3.63, 3.8) is 0 Å². The summed E-state index contributed by atoms with van der Waals surface area (Å²) in [6.07, 6.45) is 0.816. The molecule has 2 nitrogen and oxygen atoms in total. The maximum absolute atomic E-state index is 9.34. The van der Waals surface area contributed by atoms with Gasteiger partial charge in [-0.05, 0) is 12.0 Å². The molecule has 1 saturated heterocycles. The van der Waals surface area contributed by atoms with E-state index in [9.17, 15) is 5.11 Å². The summed E-state index contributed by atoms with van der Waals surface area (Å²) in [7, 11) is 0. The molecule has 2 heteroatoms. The van der Waals surface area contributed by atoms with E-state index in [4.69, 9.17) is 0 Å². The number of hydrogen-bond donors (Lipinski definition) is 1. The Balaban J connectivity index is 0.000000531. The Morgan fingerprint density at radius 1 is 1.27 bits per heavy atom. The molecule has 0 amide bonds. The van der Waals surface area contributed by atoms with Crippen molar-refractivity contribution < 1.29 is 5.11 Å². The van der Waals surface area contributed by atoms with Crippen LogP contribution in [-0.4, -0.2) is 29.2 Å². The molecule has 0 aromatic heterocycles. The zero-order valence-corrected chi connectivity index (χ0v) is 9.69. The van der Waals surface area contributed by atoms with Gasteiger partial charge in [0.1, 0.15) is 0 Å². The predicted molar refractivity (Wildman–Crippen MR) is 63.7 cm³/mol. The van der Waals surface area contributed by atoms with Crippen LogP contribution in [0, 0.1) is 0 Å². The molecular formula is C13H21NO. The van der Waals surface area contributed by atoms with Gasteiger partial charge in [-0.1, -0.05) is 44.2 Å². The molecule has 1 aliphatic rings. The minimum absolute atomic E-state index is 0.108. The average molecular weight is 207 g/mol. The quantitative estimate of drug-likeness (QED) is 0.804. The smallest absolute Gasteiger partial charge is 0.0679 e. The van der Waals surface area contributed by atoms with Crippen molar-refractivity contribution in [1.82, 2.24) is 4.90 Å². The molecule has 1 fully saturated rings. The third kappa shape index (κ3) is 4.02. The molecule has 0 radical (unpaired) electrons. The molecule has 1 heterocycles. The van der Waals surface area contributed by atoms with Crippen LogP contribution in [0.15, 0.2) is 30.3 Å². The van der Waals surface area contributed by atoms with E-state index < -0.39 is 0 Å². The molecule has 1 aromatic rings. The van der Waals surface area contributed by atoms with Gasteiger partial charge in [-0.2, -0.15) is 0 Å². The van der Waals surface area contributed by atoms with Crippen molar-refractivity contribution >= 4 is 0 Å². The highest BCUT2D eigenvalue weighted by atomic mass is 16.3. The maximum atomic E-state index is 9.34. The van der Waals surface area contributed by atoms with E-state index in [0.717, 1.165) is 26.1 Å². The highest BCUT2D eigenvalue weighted by Gasteiger charge is 2.19. The minimum Gasteiger partial charge on any atom is -0.392 e. The molecule has 0 aliphatic carbocycles. The van der Waals surface area contributed by atoms with Crippen LogP contribution in [0.3, 0.4) is 0 Å². The molecule has 15 heavy (non-hydrogen) atoms. The van der Waals surface area contributed by atoms with Crippen molar-refractivity contribution in [3.05, 3.63) is 35.9 Å². The second kappa shape index (κ2) is 6.59. The third-order valence-corrected chi connectivity index (χ3v) is 2.50. The molecule has 84 valence electrons. The van der Waals surface area contributed by atoms with Gasteiger partial charge in [-0.25, -0.2) is 0 Å². The highest BCUT2D eigenvalue weighted by Crippen LogP contribution is 2.12. The van der Waals surface area contributed by atoms with Crippen LogP contribution in [0.2, 0.25) is 0 Å². The fourth-order valence-electron chi connectivity index (χ4n) is 1.80. The predicted octanol–water partition coefficient (Wildman–Crippen LogP) is 2.28. The Morgan fingerprint density at radius 2 is 1.93 bits per heavy atom. The first-order valence-corrected chi connectivity index (χ1v) is 5.79. The van der Waals surface area contributed by atoms with Crippen molar-refractivity contribution in [3.8, 4) is 0 Å². The summed E-state index contributed by atoms with van der Waals surface area (Å²) >= 11 is 0. The molecule has 1 N–H and O–H groups in total. The Morgan fingerprint density at radius 3 is 2.47 bits per heavy atom. The molecule has 1 atom stereocenters. The standard InChI is InChI=1S/C11H15NO.C2H6/c13-11-6-7-12(9-11)8-10-4-2-1-3-5-10;1-2/h1-5,11,13H,6-9H2;1-2H3.